The van der Waals surface area contributed by atoms with Crippen molar-refractivity contribution in [3.05, 3.63) is 47.6 Å². The number of hydrogen-bond donors (Lipinski definition) is 2. The third-order valence-electron chi connectivity index (χ3n) is 10.5. The Balaban J connectivity index is 1.47. The van der Waals surface area contributed by atoms with Crippen molar-refractivity contribution in [2.45, 2.75) is 96.1 Å². The molecule has 0 aromatic rings. The number of allylic oxidation sites excluding steroid dienone is 1. The molecule has 0 spiro atoms. The van der Waals surface area contributed by atoms with Gasteiger partial charge in [-0.2, -0.15) is 0 Å². The van der Waals surface area contributed by atoms with Crippen LogP contribution in [0.5, 0.6) is 0 Å². The van der Waals surface area contributed by atoms with Crippen molar-refractivity contribution >= 4 is 11.9 Å². The third kappa shape index (κ3) is 3.66. The Bertz CT molecular complexity index is 1100. The molecule has 5 rings (SSSR count). The Morgan fingerprint density at radius 2 is 1.81 bits per heavy atom. The van der Waals surface area contributed by atoms with Crippen LogP contribution >= 0.6 is 0 Å². The van der Waals surface area contributed by atoms with E-state index in [1.165, 1.54) is 6.08 Å². The predicted octanol–water partition coefficient (Wildman–Crippen LogP) is 4.57. The van der Waals surface area contributed by atoms with Crippen molar-refractivity contribution < 1.29 is 29.3 Å². The fourth-order valence-electron chi connectivity index (χ4n) is 8.17. The molecule has 0 saturated heterocycles. The molecule has 5 aliphatic rings. The number of carbonyl (C=O) groups is 2. The van der Waals surface area contributed by atoms with Crippen LogP contribution in [-0.2, 0) is 19.1 Å². The summed E-state index contributed by atoms with van der Waals surface area (Å²) in [5.74, 6) is -1.04. The summed E-state index contributed by atoms with van der Waals surface area (Å²) < 4.78 is 11.4. The average molecular weight is 497 g/mol. The molecular formula is C30H40O6. The van der Waals surface area contributed by atoms with Crippen LogP contribution in [0.3, 0.4) is 0 Å². The van der Waals surface area contributed by atoms with Gasteiger partial charge >= 0.3 is 11.9 Å². The Kier molecular flexibility index (Phi) is 5.77. The highest BCUT2D eigenvalue weighted by Gasteiger charge is 2.65. The number of ether oxygens (including phenoxy) is 2. The van der Waals surface area contributed by atoms with Crippen molar-refractivity contribution in [2.24, 2.45) is 29.1 Å². The number of fused-ring (bicyclic) bond motifs is 4. The first-order valence-corrected chi connectivity index (χ1v) is 13.4. The van der Waals surface area contributed by atoms with Gasteiger partial charge in [0.2, 0.25) is 0 Å². The van der Waals surface area contributed by atoms with Crippen LogP contribution in [0.25, 0.3) is 0 Å². The molecule has 36 heavy (non-hydrogen) atoms. The minimum Gasteiger partial charge on any atom is -0.458 e. The maximum absolute atomic E-state index is 12.2. The molecule has 6 nitrogen and oxygen atoms in total. The molecule has 2 saturated carbocycles. The predicted molar refractivity (Wildman–Crippen MR) is 136 cm³/mol. The smallest absolute Gasteiger partial charge is 0.333 e. The van der Waals surface area contributed by atoms with Crippen molar-refractivity contribution in [1.82, 2.24) is 0 Å². The van der Waals surface area contributed by atoms with Crippen molar-refractivity contribution in [1.29, 1.82) is 0 Å². The molecule has 2 aliphatic heterocycles. The molecule has 0 radical (unpaired) electrons. The normalized spacial score (nSPS) is 44.6. The highest BCUT2D eigenvalue weighted by molar-refractivity contribution is 5.88. The molecule has 3 aliphatic carbocycles. The Morgan fingerprint density at radius 1 is 1.08 bits per heavy atom. The van der Waals surface area contributed by atoms with Gasteiger partial charge in [-0.3, -0.25) is 0 Å². The van der Waals surface area contributed by atoms with E-state index in [2.05, 4.69) is 13.5 Å². The highest BCUT2D eigenvalue weighted by atomic mass is 16.6. The van der Waals surface area contributed by atoms with Gasteiger partial charge in [-0.25, -0.2) is 9.59 Å². The van der Waals surface area contributed by atoms with E-state index >= 15 is 0 Å². The molecule has 6 heteroatoms. The highest BCUT2D eigenvalue weighted by Crippen LogP contribution is 2.66. The topological polar surface area (TPSA) is 93.1 Å². The number of hydrogen-bond acceptors (Lipinski definition) is 6. The van der Waals surface area contributed by atoms with Gasteiger partial charge in [-0.05, 0) is 87.3 Å². The van der Waals surface area contributed by atoms with E-state index in [0.29, 0.717) is 24.8 Å². The van der Waals surface area contributed by atoms with Gasteiger partial charge in [-0.1, -0.05) is 32.6 Å². The number of carbonyl (C=O) groups excluding carboxylic acids is 2. The van der Waals surface area contributed by atoms with Crippen molar-refractivity contribution in [2.75, 3.05) is 0 Å². The maximum Gasteiger partial charge on any atom is 0.333 e. The van der Waals surface area contributed by atoms with E-state index in [9.17, 15) is 19.8 Å². The molecule has 0 amide bonds. The first-order valence-electron chi connectivity index (χ1n) is 13.4. The van der Waals surface area contributed by atoms with Gasteiger partial charge in [0.15, 0.2) is 0 Å². The second-order valence-electron chi connectivity index (χ2n) is 12.7. The lowest BCUT2D eigenvalue weighted by Crippen LogP contribution is -2.53. The summed E-state index contributed by atoms with van der Waals surface area (Å²) >= 11 is 0. The third-order valence-corrected chi connectivity index (χ3v) is 10.5. The lowest BCUT2D eigenvalue weighted by Gasteiger charge is -2.52. The van der Waals surface area contributed by atoms with Gasteiger partial charge < -0.3 is 19.7 Å². The first kappa shape index (κ1) is 25.5. The lowest BCUT2D eigenvalue weighted by molar-refractivity contribution is -0.156. The van der Waals surface area contributed by atoms with E-state index in [1.807, 2.05) is 39.0 Å². The minimum atomic E-state index is -1.17. The Labute approximate surface area is 214 Å². The molecule has 2 fully saturated rings. The fourth-order valence-corrected chi connectivity index (χ4v) is 8.17. The first-order chi connectivity index (χ1) is 16.7. The van der Waals surface area contributed by atoms with Crippen LogP contribution in [0.2, 0.25) is 0 Å². The monoisotopic (exact) mass is 496 g/mol. The van der Waals surface area contributed by atoms with E-state index in [1.54, 1.807) is 6.92 Å². The van der Waals surface area contributed by atoms with Crippen LogP contribution in [0.1, 0.15) is 73.1 Å². The molecule has 196 valence electrons. The zero-order valence-corrected chi connectivity index (χ0v) is 22.2. The molecule has 8 unspecified atom stereocenters. The summed E-state index contributed by atoms with van der Waals surface area (Å²) in [5, 5.41) is 24.2. The van der Waals surface area contributed by atoms with Crippen molar-refractivity contribution in [3.63, 3.8) is 0 Å². The second kappa shape index (κ2) is 8.16. The average Bonchev–Trinajstić information content (AvgIpc) is 2.89. The summed E-state index contributed by atoms with van der Waals surface area (Å²) in [4.78, 5) is 24.4. The van der Waals surface area contributed by atoms with E-state index in [0.717, 1.165) is 30.4 Å². The zero-order valence-electron chi connectivity index (χ0n) is 22.2. The fraction of sp³-hybridized carbons (Fsp3) is 0.667. The number of aliphatic hydroxyl groups is 2. The number of rotatable bonds is 2. The van der Waals surface area contributed by atoms with Crippen LogP contribution < -0.4 is 0 Å². The van der Waals surface area contributed by atoms with Crippen LogP contribution in [-0.4, -0.2) is 45.1 Å². The summed E-state index contributed by atoms with van der Waals surface area (Å²) in [7, 11) is 0. The summed E-state index contributed by atoms with van der Waals surface area (Å²) in [6.07, 6.45) is 10.7. The van der Waals surface area contributed by atoms with Crippen molar-refractivity contribution in [3.8, 4) is 0 Å². The van der Waals surface area contributed by atoms with Gasteiger partial charge in [0.05, 0.1) is 11.2 Å². The Hall–Kier alpha value is -2.18. The molecular weight excluding hydrogens is 456 g/mol. The van der Waals surface area contributed by atoms with Gasteiger partial charge in [-0.15, -0.1) is 0 Å². The number of cyclic esters (lactones) is 2. The molecule has 0 aromatic heterocycles. The SMILES string of the molecule is C=C1C2CC3(O)C=C4C=CC(=O)OC(C)(C)C4CCC3C2(C)CCC1(O)C(C)C1CC=C(C)C(=O)O1. The Morgan fingerprint density at radius 3 is 2.50 bits per heavy atom. The van der Waals surface area contributed by atoms with E-state index in [4.69, 9.17) is 9.47 Å². The van der Waals surface area contributed by atoms with Gasteiger partial charge in [0.25, 0.3) is 0 Å². The van der Waals surface area contributed by atoms with Crippen LogP contribution in [0, 0.1) is 29.1 Å². The summed E-state index contributed by atoms with van der Waals surface area (Å²) in [5.41, 5.74) is -0.810. The summed E-state index contributed by atoms with van der Waals surface area (Å²) in [6.45, 7) is 14.3. The number of esters is 2. The quantitative estimate of drug-likeness (QED) is 0.430. The lowest BCUT2D eigenvalue weighted by atomic mass is 9.55. The van der Waals surface area contributed by atoms with Crippen LogP contribution in [0.15, 0.2) is 47.6 Å². The van der Waals surface area contributed by atoms with E-state index < -0.39 is 22.9 Å². The molecule has 0 aromatic carbocycles. The molecule has 2 heterocycles. The van der Waals surface area contributed by atoms with Crippen LogP contribution in [0.4, 0.5) is 0 Å². The molecule has 2 N–H and O–H groups in total. The standard InChI is InChI=1S/C30H40O6/c1-17-7-10-23(35-26(17)32)19(3)30(34)14-13-28(6)22(18(30)2)16-29(33)15-20-8-12-25(31)36-27(4,5)21(20)9-11-24(28)29/h7-8,12,15,19,21-24,33-34H,2,9-11,13-14,16H2,1,3-6H3. The summed E-state index contributed by atoms with van der Waals surface area (Å²) in [6, 6.07) is 0. The van der Waals surface area contributed by atoms with Gasteiger partial charge in [0, 0.05) is 29.9 Å². The second-order valence-corrected chi connectivity index (χ2v) is 12.7. The largest absolute Gasteiger partial charge is 0.458 e. The maximum atomic E-state index is 12.2. The molecule has 8 atom stereocenters. The minimum absolute atomic E-state index is 0.00373. The van der Waals surface area contributed by atoms with Gasteiger partial charge in [0.1, 0.15) is 11.7 Å². The zero-order chi connectivity index (χ0) is 26.3. The van der Waals surface area contributed by atoms with E-state index in [-0.39, 0.29) is 41.0 Å². The molecule has 0 bridgehead atoms.